The maximum Gasteiger partial charge on any atom is 0.338 e. The molecule has 0 aliphatic carbocycles. The molecule has 8 heteroatoms. The Bertz CT molecular complexity index is 1090. The van der Waals surface area contributed by atoms with Crippen LogP contribution >= 0.6 is 0 Å². The molecule has 2 heterocycles. The number of anilines is 1. The fourth-order valence-corrected chi connectivity index (χ4v) is 3.99. The number of aryl methyl sites for hydroxylation is 1. The van der Waals surface area contributed by atoms with Crippen LogP contribution in [0.15, 0.2) is 42.5 Å². The Morgan fingerprint density at radius 3 is 2.74 bits per heavy atom. The highest BCUT2D eigenvalue weighted by Crippen LogP contribution is 2.25. The van der Waals surface area contributed by atoms with Crippen molar-refractivity contribution in [2.75, 3.05) is 31.6 Å². The minimum atomic E-state index is -0.392. The topological polar surface area (TPSA) is 89.4 Å². The molecule has 1 saturated heterocycles. The van der Waals surface area contributed by atoms with Gasteiger partial charge < -0.3 is 10.1 Å². The number of ether oxygens (including phenoxy) is 1. The lowest BCUT2D eigenvalue weighted by Crippen LogP contribution is -2.39. The fourth-order valence-electron chi connectivity index (χ4n) is 3.99. The van der Waals surface area contributed by atoms with E-state index in [-0.39, 0.29) is 11.9 Å². The number of benzene rings is 2. The van der Waals surface area contributed by atoms with Crippen molar-refractivity contribution in [3.05, 3.63) is 53.6 Å². The van der Waals surface area contributed by atoms with Crippen LogP contribution in [-0.2, 0) is 9.53 Å². The molecule has 1 fully saturated rings. The zero-order valence-corrected chi connectivity index (χ0v) is 17.9. The number of esters is 1. The molecule has 1 N–H and O–H groups in total. The standard InChI is InChI=1S/C23H27N5O3/c1-3-31-23(30)17-5-4-6-18(14-17)24-22(29)15-27-11-9-19(10-12-27)28-21-8-7-16(2)13-20(21)25-26-28/h4-8,13-14,19H,3,9-12,15H2,1-2H3,(H,24,29). The maximum absolute atomic E-state index is 12.5. The highest BCUT2D eigenvalue weighted by Gasteiger charge is 2.24. The van der Waals surface area contributed by atoms with Crippen molar-refractivity contribution in [3.8, 4) is 0 Å². The van der Waals surface area contributed by atoms with E-state index in [0.29, 0.717) is 24.4 Å². The highest BCUT2D eigenvalue weighted by atomic mass is 16.5. The van der Waals surface area contributed by atoms with Crippen molar-refractivity contribution in [2.24, 2.45) is 0 Å². The summed E-state index contributed by atoms with van der Waals surface area (Å²) >= 11 is 0. The van der Waals surface area contributed by atoms with Gasteiger partial charge in [-0.2, -0.15) is 0 Å². The summed E-state index contributed by atoms with van der Waals surface area (Å²) in [6.45, 7) is 6.07. The van der Waals surface area contributed by atoms with E-state index >= 15 is 0 Å². The van der Waals surface area contributed by atoms with E-state index < -0.39 is 5.97 Å². The maximum atomic E-state index is 12.5. The highest BCUT2D eigenvalue weighted by molar-refractivity contribution is 5.95. The third kappa shape index (κ3) is 4.91. The summed E-state index contributed by atoms with van der Waals surface area (Å²) in [5.41, 5.74) is 4.17. The number of hydrogen-bond acceptors (Lipinski definition) is 6. The van der Waals surface area contributed by atoms with Gasteiger partial charge in [0.1, 0.15) is 5.52 Å². The molecule has 0 radical (unpaired) electrons. The Kier molecular flexibility index (Phi) is 6.27. The summed E-state index contributed by atoms with van der Waals surface area (Å²) in [5.74, 6) is -0.488. The molecule has 31 heavy (non-hydrogen) atoms. The first-order chi connectivity index (χ1) is 15.0. The third-order valence-electron chi connectivity index (χ3n) is 5.55. The molecule has 0 unspecified atom stereocenters. The number of amides is 1. The predicted octanol–water partition coefficient (Wildman–Crippen LogP) is 3.19. The van der Waals surface area contributed by atoms with E-state index in [2.05, 4.69) is 45.7 Å². The molecule has 0 bridgehead atoms. The Hall–Kier alpha value is -3.26. The molecule has 3 aromatic rings. The molecule has 0 saturated carbocycles. The lowest BCUT2D eigenvalue weighted by Gasteiger charge is -2.31. The average Bonchev–Trinajstić information content (AvgIpc) is 3.17. The van der Waals surface area contributed by atoms with E-state index in [1.807, 2.05) is 4.68 Å². The second kappa shape index (κ2) is 9.26. The van der Waals surface area contributed by atoms with Gasteiger partial charge in [-0.3, -0.25) is 9.69 Å². The monoisotopic (exact) mass is 421 g/mol. The molecule has 4 rings (SSSR count). The van der Waals surface area contributed by atoms with Gasteiger partial charge in [-0.05, 0) is 62.6 Å². The molecular weight excluding hydrogens is 394 g/mol. The number of carbonyl (C=O) groups is 2. The van der Waals surface area contributed by atoms with E-state index in [4.69, 9.17) is 4.74 Å². The van der Waals surface area contributed by atoms with Crippen LogP contribution in [-0.4, -0.2) is 58.0 Å². The second-order valence-corrected chi connectivity index (χ2v) is 7.88. The summed E-state index contributed by atoms with van der Waals surface area (Å²) in [6, 6.07) is 13.3. The van der Waals surface area contributed by atoms with Crippen LogP contribution in [0.3, 0.4) is 0 Å². The van der Waals surface area contributed by atoms with Gasteiger partial charge >= 0.3 is 5.97 Å². The number of likely N-dealkylation sites (tertiary alicyclic amines) is 1. The van der Waals surface area contributed by atoms with Gasteiger partial charge in [0.25, 0.3) is 0 Å². The van der Waals surface area contributed by atoms with Gasteiger partial charge in [-0.15, -0.1) is 5.10 Å². The van der Waals surface area contributed by atoms with Crippen LogP contribution in [0.5, 0.6) is 0 Å². The van der Waals surface area contributed by atoms with Gasteiger partial charge in [0.15, 0.2) is 0 Å². The van der Waals surface area contributed by atoms with Crippen molar-refractivity contribution in [1.82, 2.24) is 19.9 Å². The smallest absolute Gasteiger partial charge is 0.338 e. The Labute approximate surface area is 181 Å². The van der Waals surface area contributed by atoms with E-state index in [1.165, 1.54) is 5.56 Å². The number of fused-ring (bicyclic) bond motifs is 1. The number of piperidine rings is 1. The number of aromatic nitrogens is 3. The third-order valence-corrected chi connectivity index (χ3v) is 5.55. The second-order valence-electron chi connectivity index (χ2n) is 7.88. The van der Waals surface area contributed by atoms with Crippen LogP contribution in [0.1, 0.15) is 41.7 Å². The Balaban J connectivity index is 1.31. The lowest BCUT2D eigenvalue weighted by molar-refractivity contribution is -0.117. The van der Waals surface area contributed by atoms with Crippen molar-refractivity contribution >= 4 is 28.6 Å². The quantitative estimate of drug-likeness (QED) is 0.615. The molecule has 1 aliphatic heterocycles. The largest absolute Gasteiger partial charge is 0.462 e. The van der Waals surface area contributed by atoms with Crippen molar-refractivity contribution in [2.45, 2.75) is 32.7 Å². The van der Waals surface area contributed by atoms with Gasteiger partial charge in [-0.1, -0.05) is 17.3 Å². The first kappa shape index (κ1) is 21.0. The fraction of sp³-hybridized carbons (Fsp3) is 0.391. The van der Waals surface area contributed by atoms with E-state index in [1.54, 1.807) is 31.2 Å². The molecular formula is C23H27N5O3. The molecule has 1 aliphatic rings. The Morgan fingerprint density at radius 2 is 1.97 bits per heavy atom. The molecule has 8 nitrogen and oxygen atoms in total. The Morgan fingerprint density at radius 1 is 1.16 bits per heavy atom. The van der Waals surface area contributed by atoms with E-state index in [9.17, 15) is 9.59 Å². The summed E-state index contributed by atoms with van der Waals surface area (Å²) in [4.78, 5) is 26.5. The van der Waals surface area contributed by atoms with Crippen LogP contribution in [0, 0.1) is 6.92 Å². The SMILES string of the molecule is CCOC(=O)c1cccc(NC(=O)CN2CCC(n3nnc4cc(C)ccc43)CC2)c1. The average molecular weight is 422 g/mol. The van der Waals surface area contributed by atoms with Crippen molar-refractivity contribution in [3.63, 3.8) is 0 Å². The molecule has 162 valence electrons. The first-order valence-electron chi connectivity index (χ1n) is 10.6. The van der Waals surface area contributed by atoms with Gasteiger partial charge in [0, 0.05) is 18.8 Å². The number of rotatable bonds is 6. The zero-order chi connectivity index (χ0) is 21.8. The van der Waals surface area contributed by atoms with E-state index in [0.717, 1.165) is 37.0 Å². The lowest BCUT2D eigenvalue weighted by atomic mass is 10.0. The number of carbonyl (C=O) groups excluding carboxylic acids is 2. The molecule has 1 aromatic heterocycles. The number of nitrogens with zero attached hydrogens (tertiary/aromatic N) is 4. The minimum Gasteiger partial charge on any atom is -0.462 e. The van der Waals surface area contributed by atoms with Gasteiger partial charge in [0.2, 0.25) is 5.91 Å². The van der Waals surface area contributed by atoms with Gasteiger partial charge in [-0.25, -0.2) is 9.48 Å². The molecule has 2 aromatic carbocycles. The minimum absolute atomic E-state index is 0.0962. The summed E-state index contributed by atoms with van der Waals surface area (Å²) in [6.07, 6.45) is 1.83. The summed E-state index contributed by atoms with van der Waals surface area (Å²) in [7, 11) is 0. The predicted molar refractivity (Wildman–Crippen MR) is 118 cm³/mol. The normalized spacial score (nSPS) is 15.2. The van der Waals surface area contributed by atoms with Crippen LogP contribution in [0.4, 0.5) is 5.69 Å². The first-order valence-corrected chi connectivity index (χ1v) is 10.6. The molecule has 0 spiro atoms. The van der Waals surface area contributed by atoms with Crippen LogP contribution < -0.4 is 5.32 Å². The molecule has 0 atom stereocenters. The zero-order valence-electron chi connectivity index (χ0n) is 17.9. The number of hydrogen-bond donors (Lipinski definition) is 1. The van der Waals surface area contributed by atoms with Crippen LogP contribution in [0.2, 0.25) is 0 Å². The van der Waals surface area contributed by atoms with Crippen molar-refractivity contribution in [1.29, 1.82) is 0 Å². The molecule has 1 amide bonds. The van der Waals surface area contributed by atoms with Gasteiger partial charge in [0.05, 0.1) is 30.3 Å². The number of nitrogens with one attached hydrogen (secondary N) is 1. The summed E-state index contributed by atoms with van der Waals surface area (Å²) < 4.78 is 7.03. The van der Waals surface area contributed by atoms with Crippen LogP contribution in [0.25, 0.3) is 11.0 Å². The van der Waals surface area contributed by atoms with Crippen molar-refractivity contribution < 1.29 is 14.3 Å². The summed E-state index contributed by atoms with van der Waals surface area (Å²) in [5, 5.41) is 11.5.